The molecule has 1 atom stereocenters. The van der Waals surface area contributed by atoms with Crippen LogP contribution in [0.2, 0.25) is 5.02 Å². The summed E-state index contributed by atoms with van der Waals surface area (Å²) in [6.45, 7) is -0.0419. The van der Waals surface area contributed by atoms with Crippen LogP contribution in [0.1, 0.15) is 22.7 Å². The predicted octanol–water partition coefficient (Wildman–Crippen LogP) is 5.34. The number of hydrogen-bond donors (Lipinski definition) is 1. The Labute approximate surface area is 219 Å². The van der Waals surface area contributed by atoms with Crippen LogP contribution in [0.3, 0.4) is 0 Å². The number of amides is 2. The summed E-state index contributed by atoms with van der Waals surface area (Å²) >= 11 is 6.19. The Morgan fingerprint density at radius 3 is 2.35 bits per heavy atom. The van der Waals surface area contributed by atoms with E-state index in [0.717, 1.165) is 5.56 Å². The molecule has 188 valence electrons. The molecule has 1 heterocycles. The molecule has 0 spiro atoms. The highest BCUT2D eigenvalue weighted by Gasteiger charge is 2.32. The largest absolute Gasteiger partial charge is 0.482 e. The minimum Gasteiger partial charge on any atom is -0.482 e. The summed E-state index contributed by atoms with van der Waals surface area (Å²) in [4.78, 5) is 32.7. The number of benzene rings is 3. The maximum atomic E-state index is 13.6. The minimum absolute atomic E-state index is 0.0604. The summed E-state index contributed by atoms with van der Waals surface area (Å²) in [6, 6.07) is 24.3. The van der Waals surface area contributed by atoms with E-state index in [-0.39, 0.29) is 25.6 Å². The average molecular weight is 518 g/mol. The number of rotatable bonds is 10. The van der Waals surface area contributed by atoms with E-state index in [1.165, 1.54) is 17.0 Å². The first kappa shape index (κ1) is 25.9. The van der Waals surface area contributed by atoms with Crippen LogP contribution in [-0.4, -0.2) is 28.3 Å². The summed E-state index contributed by atoms with van der Waals surface area (Å²) in [5, 5.41) is 3.29. The minimum atomic E-state index is -0.967. The van der Waals surface area contributed by atoms with Crippen molar-refractivity contribution in [1.82, 2.24) is 15.2 Å². The van der Waals surface area contributed by atoms with Gasteiger partial charge in [0.1, 0.15) is 17.6 Å². The van der Waals surface area contributed by atoms with Crippen molar-refractivity contribution in [2.75, 3.05) is 6.61 Å². The Hall–Kier alpha value is -4.23. The summed E-state index contributed by atoms with van der Waals surface area (Å²) in [6.07, 6.45) is 3.32. The molecule has 0 saturated heterocycles. The quantitative estimate of drug-likeness (QED) is 0.308. The van der Waals surface area contributed by atoms with Crippen molar-refractivity contribution in [2.24, 2.45) is 0 Å². The van der Waals surface area contributed by atoms with Gasteiger partial charge in [0.2, 0.25) is 5.91 Å². The molecule has 6 nitrogen and oxygen atoms in total. The molecule has 0 bridgehead atoms. The zero-order valence-corrected chi connectivity index (χ0v) is 20.6. The third-order valence-electron chi connectivity index (χ3n) is 5.64. The number of halogens is 2. The molecule has 0 radical (unpaired) electrons. The van der Waals surface area contributed by atoms with Gasteiger partial charge >= 0.3 is 0 Å². The lowest BCUT2D eigenvalue weighted by Gasteiger charge is -2.31. The molecule has 8 heteroatoms. The molecule has 0 aliphatic carbocycles. The Morgan fingerprint density at radius 1 is 0.919 bits per heavy atom. The molecule has 2 amide bonds. The number of aromatic nitrogens is 1. The van der Waals surface area contributed by atoms with Gasteiger partial charge in [0.25, 0.3) is 5.91 Å². The van der Waals surface area contributed by atoms with Crippen LogP contribution in [0.25, 0.3) is 0 Å². The van der Waals surface area contributed by atoms with Gasteiger partial charge in [-0.25, -0.2) is 4.39 Å². The first-order valence-corrected chi connectivity index (χ1v) is 12.0. The number of hydrogen-bond acceptors (Lipinski definition) is 4. The Balaban J connectivity index is 1.63. The van der Waals surface area contributed by atoms with Crippen LogP contribution < -0.4 is 10.1 Å². The number of carbonyl (C=O) groups excluding carboxylic acids is 2. The number of para-hydroxylation sites is 1. The van der Waals surface area contributed by atoms with Crippen molar-refractivity contribution < 1.29 is 18.7 Å². The van der Waals surface area contributed by atoms with Gasteiger partial charge in [0.05, 0.1) is 5.02 Å². The van der Waals surface area contributed by atoms with E-state index in [4.69, 9.17) is 16.3 Å². The number of ether oxygens (including phenoxy) is 1. The van der Waals surface area contributed by atoms with Gasteiger partial charge in [-0.15, -0.1) is 0 Å². The molecule has 0 fully saturated rings. The molecule has 1 N–H and O–H groups in total. The lowest BCUT2D eigenvalue weighted by Crippen LogP contribution is -2.45. The van der Waals surface area contributed by atoms with Crippen molar-refractivity contribution in [3.8, 4) is 5.75 Å². The Morgan fingerprint density at radius 2 is 1.65 bits per heavy atom. The normalized spacial score (nSPS) is 11.4. The number of nitrogens with one attached hydrogen (secondary N) is 1. The van der Waals surface area contributed by atoms with E-state index in [1.807, 2.05) is 12.1 Å². The second-order valence-electron chi connectivity index (χ2n) is 8.26. The molecule has 1 unspecified atom stereocenters. The van der Waals surface area contributed by atoms with E-state index >= 15 is 0 Å². The third-order valence-corrected chi connectivity index (χ3v) is 5.95. The lowest BCUT2D eigenvalue weighted by atomic mass is 10.0. The summed E-state index contributed by atoms with van der Waals surface area (Å²) < 4.78 is 19.3. The summed E-state index contributed by atoms with van der Waals surface area (Å²) in [7, 11) is 0. The van der Waals surface area contributed by atoms with Crippen molar-refractivity contribution in [1.29, 1.82) is 0 Å². The van der Waals surface area contributed by atoms with Gasteiger partial charge < -0.3 is 15.0 Å². The zero-order chi connectivity index (χ0) is 26.0. The number of carbonyl (C=O) groups is 2. The van der Waals surface area contributed by atoms with Crippen molar-refractivity contribution >= 4 is 23.4 Å². The Bertz CT molecular complexity index is 1320. The third kappa shape index (κ3) is 7.15. The molecule has 37 heavy (non-hydrogen) atoms. The molecule has 4 aromatic rings. The summed E-state index contributed by atoms with van der Waals surface area (Å²) in [5.74, 6) is -0.841. The monoisotopic (exact) mass is 517 g/mol. The van der Waals surface area contributed by atoms with Crippen LogP contribution in [0.5, 0.6) is 5.75 Å². The lowest BCUT2D eigenvalue weighted by molar-refractivity contribution is -0.143. The molecule has 1 aromatic heterocycles. The fourth-order valence-corrected chi connectivity index (χ4v) is 3.98. The molecule has 0 saturated carbocycles. The zero-order valence-electron chi connectivity index (χ0n) is 19.9. The molecule has 4 rings (SSSR count). The fraction of sp³-hybridized carbons (Fsp3) is 0.138. The van der Waals surface area contributed by atoms with Gasteiger partial charge in [-0.3, -0.25) is 14.6 Å². The first-order valence-electron chi connectivity index (χ1n) is 11.6. The first-order chi connectivity index (χ1) is 18.0. The average Bonchev–Trinajstić information content (AvgIpc) is 2.93. The topological polar surface area (TPSA) is 71.5 Å². The van der Waals surface area contributed by atoms with Gasteiger partial charge in [0.15, 0.2) is 6.61 Å². The SMILES string of the molecule is O=C(NCc1cccnc1)C(c1ccccc1)N(Cc1ccc(F)cc1)C(=O)COc1ccccc1Cl. The fourth-order valence-electron chi connectivity index (χ4n) is 3.79. The smallest absolute Gasteiger partial charge is 0.261 e. The number of nitrogens with zero attached hydrogens (tertiary/aromatic N) is 2. The highest BCUT2D eigenvalue weighted by Crippen LogP contribution is 2.26. The van der Waals surface area contributed by atoms with Crippen molar-refractivity contribution in [2.45, 2.75) is 19.1 Å². The van der Waals surface area contributed by atoms with E-state index in [1.54, 1.807) is 79.1 Å². The number of pyridine rings is 1. The molecule has 0 aliphatic heterocycles. The molecular formula is C29H25ClFN3O3. The molecule has 0 aliphatic rings. The van der Waals surface area contributed by atoms with Gasteiger partial charge in [-0.05, 0) is 47.0 Å². The Kier molecular flexibility index (Phi) is 8.84. The molecular weight excluding hydrogens is 493 g/mol. The summed E-state index contributed by atoms with van der Waals surface area (Å²) in [5.41, 5.74) is 2.11. The van der Waals surface area contributed by atoms with Gasteiger partial charge in [0, 0.05) is 25.5 Å². The van der Waals surface area contributed by atoms with E-state index in [2.05, 4.69) is 10.3 Å². The standard InChI is InChI=1S/C29H25ClFN3O3/c30-25-10-4-5-11-26(25)37-20-27(35)34(19-21-12-14-24(31)15-13-21)28(23-8-2-1-3-9-23)29(36)33-18-22-7-6-16-32-17-22/h1-17,28H,18-20H2,(H,33,36). The van der Waals surface area contributed by atoms with E-state index < -0.39 is 17.8 Å². The van der Waals surface area contributed by atoms with Crippen LogP contribution in [0, 0.1) is 5.82 Å². The maximum absolute atomic E-state index is 13.6. The van der Waals surface area contributed by atoms with Crippen LogP contribution >= 0.6 is 11.6 Å². The van der Waals surface area contributed by atoms with Gasteiger partial charge in [-0.2, -0.15) is 0 Å². The van der Waals surface area contributed by atoms with Gasteiger partial charge in [-0.1, -0.05) is 72.3 Å². The van der Waals surface area contributed by atoms with Crippen LogP contribution in [0.15, 0.2) is 103 Å². The van der Waals surface area contributed by atoms with Crippen molar-refractivity contribution in [3.05, 3.63) is 131 Å². The second-order valence-corrected chi connectivity index (χ2v) is 8.67. The van der Waals surface area contributed by atoms with Crippen molar-refractivity contribution in [3.63, 3.8) is 0 Å². The van der Waals surface area contributed by atoms with E-state index in [9.17, 15) is 14.0 Å². The van der Waals surface area contributed by atoms with E-state index in [0.29, 0.717) is 21.9 Å². The second kappa shape index (κ2) is 12.6. The van der Waals surface area contributed by atoms with Crippen LogP contribution in [-0.2, 0) is 22.7 Å². The molecule has 3 aromatic carbocycles. The maximum Gasteiger partial charge on any atom is 0.261 e. The highest BCUT2D eigenvalue weighted by molar-refractivity contribution is 6.32. The van der Waals surface area contributed by atoms with Crippen LogP contribution in [0.4, 0.5) is 4.39 Å². The predicted molar refractivity (Wildman–Crippen MR) is 139 cm³/mol. The highest BCUT2D eigenvalue weighted by atomic mass is 35.5.